The van der Waals surface area contributed by atoms with Crippen LogP contribution < -0.4 is 0 Å². The van der Waals surface area contributed by atoms with Crippen LogP contribution in [0.5, 0.6) is 0 Å². The molecule has 1 aromatic carbocycles. The first-order chi connectivity index (χ1) is 14.1. The Bertz CT molecular complexity index is 1230. The van der Waals surface area contributed by atoms with E-state index in [0.29, 0.717) is 6.54 Å². The van der Waals surface area contributed by atoms with Gasteiger partial charge in [0, 0.05) is 40.7 Å². The van der Waals surface area contributed by atoms with Crippen molar-refractivity contribution >= 4 is 17.3 Å². The van der Waals surface area contributed by atoms with Crippen LogP contribution in [0.4, 0.5) is 0 Å². The molecule has 0 unspecified atom stereocenters. The molecule has 0 aliphatic heterocycles. The van der Waals surface area contributed by atoms with Crippen molar-refractivity contribution in [2.45, 2.75) is 13.5 Å². The molecule has 1 N–H and O–H groups in total. The second kappa shape index (κ2) is 8.09. The highest BCUT2D eigenvalue weighted by atomic mass is 32.1. The standard InChI is InChI=1S/C22H16N4O2S/c1-15-7-17(5-4-16-3-2-6-23-10-16)9-18(8-15)20-14-29-21(25-20)13-26-12-19(11-24-26)22(27)28/h2-3,6-12,14H,13H2,1H3,(H,27,28). The Morgan fingerprint density at radius 1 is 1.21 bits per heavy atom. The fourth-order valence-electron chi connectivity index (χ4n) is 2.80. The Morgan fingerprint density at radius 3 is 2.83 bits per heavy atom. The number of thiazole rings is 1. The van der Waals surface area contributed by atoms with Crippen LogP contribution in [0, 0.1) is 18.8 Å². The topological polar surface area (TPSA) is 80.9 Å². The van der Waals surface area contributed by atoms with Crippen LogP contribution in [0.15, 0.2) is 60.5 Å². The molecule has 7 heteroatoms. The Kier molecular flexibility index (Phi) is 5.18. The Hall–Kier alpha value is -3.76. The minimum absolute atomic E-state index is 0.164. The Labute approximate surface area is 171 Å². The Balaban J connectivity index is 1.56. The van der Waals surface area contributed by atoms with E-state index in [2.05, 4.69) is 33.0 Å². The van der Waals surface area contributed by atoms with Gasteiger partial charge in [-0.25, -0.2) is 9.78 Å². The summed E-state index contributed by atoms with van der Waals surface area (Å²) in [5.74, 6) is 5.32. The summed E-state index contributed by atoms with van der Waals surface area (Å²) in [6.45, 7) is 2.46. The number of carbonyl (C=O) groups is 1. The van der Waals surface area contributed by atoms with Crippen molar-refractivity contribution in [3.05, 3.63) is 87.8 Å². The van der Waals surface area contributed by atoms with E-state index in [-0.39, 0.29) is 5.56 Å². The van der Waals surface area contributed by atoms with Crippen LogP contribution >= 0.6 is 11.3 Å². The van der Waals surface area contributed by atoms with Crippen molar-refractivity contribution in [1.29, 1.82) is 0 Å². The molecule has 3 aromatic heterocycles. The molecule has 6 nitrogen and oxygen atoms in total. The number of benzene rings is 1. The first kappa shape index (κ1) is 18.6. The SMILES string of the molecule is Cc1cc(C#Cc2cccnc2)cc(-c2csc(Cn3cc(C(=O)O)cn3)n2)c1. The van der Waals surface area contributed by atoms with Crippen LogP contribution in [0.25, 0.3) is 11.3 Å². The molecule has 0 spiro atoms. The zero-order chi connectivity index (χ0) is 20.2. The van der Waals surface area contributed by atoms with E-state index in [1.165, 1.54) is 23.7 Å². The predicted octanol–water partition coefficient (Wildman–Crippen LogP) is 3.86. The third-order valence-electron chi connectivity index (χ3n) is 4.12. The lowest BCUT2D eigenvalue weighted by molar-refractivity contribution is 0.0696. The molecule has 0 atom stereocenters. The smallest absolute Gasteiger partial charge is 0.338 e. The van der Waals surface area contributed by atoms with Crippen molar-refractivity contribution < 1.29 is 9.90 Å². The fraction of sp³-hybridized carbons (Fsp3) is 0.0909. The van der Waals surface area contributed by atoms with E-state index >= 15 is 0 Å². The van der Waals surface area contributed by atoms with E-state index in [1.54, 1.807) is 17.1 Å². The Morgan fingerprint density at radius 2 is 2.07 bits per heavy atom. The number of pyridine rings is 1. The van der Waals surface area contributed by atoms with Crippen LogP contribution in [0.3, 0.4) is 0 Å². The summed E-state index contributed by atoms with van der Waals surface area (Å²) in [5.41, 5.74) is 4.91. The quantitative estimate of drug-likeness (QED) is 0.526. The van der Waals surface area contributed by atoms with E-state index in [4.69, 9.17) is 5.11 Å². The highest BCUT2D eigenvalue weighted by molar-refractivity contribution is 7.09. The van der Waals surface area contributed by atoms with Gasteiger partial charge in [0.05, 0.1) is 24.0 Å². The molecule has 0 saturated carbocycles. The molecular weight excluding hydrogens is 384 g/mol. The average molecular weight is 400 g/mol. The summed E-state index contributed by atoms with van der Waals surface area (Å²) >= 11 is 1.52. The number of carboxylic acid groups (broad SMARTS) is 1. The lowest BCUT2D eigenvalue weighted by Crippen LogP contribution is -2.00. The number of rotatable bonds is 4. The van der Waals surface area contributed by atoms with Gasteiger partial charge < -0.3 is 5.11 Å². The van der Waals surface area contributed by atoms with Gasteiger partial charge in [-0.05, 0) is 42.8 Å². The lowest BCUT2D eigenvalue weighted by atomic mass is 10.0. The van der Waals surface area contributed by atoms with E-state index < -0.39 is 5.97 Å². The largest absolute Gasteiger partial charge is 0.478 e. The number of carboxylic acids is 1. The zero-order valence-corrected chi connectivity index (χ0v) is 16.3. The normalized spacial score (nSPS) is 10.4. The maximum absolute atomic E-state index is 11.0. The highest BCUT2D eigenvalue weighted by Gasteiger charge is 2.10. The summed E-state index contributed by atoms with van der Waals surface area (Å²) in [6.07, 6.45) is 6.30. The molecular formula is C22H16N4O2S. The first-order valence-electron chi connectivity index (χ1n) is 8.81. The van der Waals surface area contributed by atoms with Gasteiger partial charge in [0.15, 0.2) is 0 Å². The van der Waals surface area contributed by atoms with Crippen LogP contribution in [0.2, 0.25) is 0 Å². The maximum atomic E-state index is 11.0. The number of nitrogens with zero attached hydrogens (tertiary/aromatic N) is 4. The van der Waals surface area contributed by atoms with Gasteiger partial charge in [-0.3, -0.25) is 9.67 Å². The van der Waals surface area contributed by atoms with Gasteiger partial charge in [0.2, 0.25) is 0 Å². The van der Waals surface area contributed by atoms with Gasteiger partial charge in [-0.15, -0.1) is 11.3 Å². The summed E-state index contributed by atoms with van der Waals surface area (Å²) in [4.78, 5) is 19.7. The van der Waals surface area contributed by atoms with Gasteiger partial charge in [-0.2, -0.15) is 5.10 Å². The molecule has 0 saturated heterocycles. The molecule has 0 amide bonds. The summed E-state index contributed by atoms with van der Waals surface area (Å²) in [6, 6.07) is 9.92. The molecule has 29 heavy (non-hydrogen) atoms. The van der Waals surface area contributed by atoms with Gasteiger partial charge >= 0.3 is 5.97 Å². The average Bonchev–Trinajstić information content (AvgIpc) is 3.37. The summed E-state index contributed by atoms with van der Waals surface area (Å²) in [5, 5.41) is 15.9. The molecule has 0 bridgehead atoms. The molecule has 142 valence electrons. The van der Waals surface area contributed by atoms with Gasteiger partial charge in [0.25, 0.3) is 0 Å². The van der Waals surface area contributed by atoms with Crippen molar-refractivity contribution in [1.82, 2.24) is 19.7 Å². The molecule has 0 fully saturated rings. The molecule has 3 heterocycles. The number of aromatic nitrogens is 4. The molecule has 4 rings (SSSR count). The molecule has 4 aromatic rings. The molecule has 0 aliphatic rings. The fourth-order valence-corrected chi connectivity index (χ4v) is 3.59. The van der Waals surface area contributed by atoms with Gasteiger partial charge in [0.1, 0.15) is 5.01 Å². The third-order valence-corrected chi connectivity index (χ3v) is 4.95. The second-order valence-corrected chi connectivity index (χ2v) is 7.38. The zero-order valence-electron chi connectivity index (χ0n) is 15.5. The number of hydrogen-bond acceptors (Lipinski definition) is 5. The van der Waals surface area contributed by atoms with Crippen LogP contribution in [-0.4, -0.2) is 30.8 Å². The highest BCUT2D eigenvalue weighted by Crippen LogP contribution is 2.24. The number of aryl methyl sites for hydroxylation is 1. The lowest BCUT2D eigenvalue weighted by Gasteiger charge is -2.02. The summed E-state index contributed by atoms with van der Waals surface area (Å²) in [7, 11) is 0. The van der Waals surface area contributed by atoms with E-state index in [0.717, 1.165) is 33.0 Å². The molecule has 0 aliphatic carbocycles. The first-order valence-corrected chi connectivity index (χ1v) is 9.69. The minimum atomic E-state index is -0.990. The predicted molar refractivity (Wildman–Crippen MR) is 111 cm³/mol. The van der Waals surface area contributed by atoms with Gasteiger partial charge in [-0.1, -0.05) is 11.8 Å². The van der Waals surface area contributed by atoms with Crippen molar-refractivity contribution in [2.75, 3.05) is 0 Å². The van der Waals surface area contributed by atoms with Crippen LogP contribution in [-0.2, 0) is 6.54 Å². The van der Waals surface area contributed by atoms with Crippen molar-refractivity contribution in [3.8, 4) is 23.1 Å². The van der Waals surface area contributed by atoms with Crippen molar-refractivity contribution in [3.63, 3.8) is 0 Å². The number of aromatic carboxylic acids is 1. The molecule has 0 radical (unpaired) electrons. The van der Waals surface area contributed by atoms with Crippen molar-refractivity contribution in [2.24, 2.45) is 0 Å². The van der Waals surface area contributed by atoms with Crippen LogP contribution in [0.1, 0.15) is 32.1 Å². The third kappa shape index (κ3) is 4.57. The minimum Gasteiger partial charge on any atom is -0.478 e. The second-order valence-electron chi connectivity index (χ2n) is 6.44. The van der Waals surface area contributed by atoms with E-state index in [1.807, 2.05) is 36.6 Å². The summed E-state index contributed by atoms with van der Waals surface area (Å²) < 4.78 is 1.58. The monoisotopic (exact) mass is 400 g/mol. The van der Waals surface area contributed by atoms with E-state index in [9.17, 15) is 4.79 Å². The number of hydrogen-bond donors (Lipinski definition) is 1. The maximum Gasteiger partial charge on any atom is 0.338 e.